The highest BCUT2D eigenvalue weighted by Gasteiger charge is 2.11. The zero-order valence-electron chi connectivity index (χ0n) is 9.58. The van der Waals surface area contributed by atoms with Crippen molar-refractivity contribution in [2.24, 2.45) is 0 Å². The van der Waals surface area contributed by atoms with Crippen LogP contribution in [0.3, 0.4) is 0 Å². The van der Waals surface area contributed by atoms with Crippen LogP contribution in [0.25, 0.3) is 11.1 Å². The molecular weight excluding hydrogens is 299 g/mol. The molecule has 0 fully saturated rings. The van der Waals surface area contributed by atoms with E-state index in [0.717, 1.165) is 15.6 Å². The Hall–Kier alpha value is -1.68. The Kier molecular flexibility index (Phi) is 3.48. The number of halogens is 2. The third kappa shape index (κ3) is 2.43. The number of carbonyl (C=O) groups is 1. The van der Waals surface area contributed by atoms with Crippen molar-refractivity contribution in [2.75, 3.05) is 0 Å². The highest BCUT2D eigenvalue weighted by atomic mass is 79.9. The van der Waals surface area contributed by atoms with E-state index in [1.807, 2.05) is 25.1 Å². The van der Waals surface area contributed by atoms with Gasteiger partial charge in [0.05, 0.1) is 5.56 Å². The third-order valence-electron chi connectivity index (χ3n) is 2.70. The largest absolute Gasteiger partial charge is 0.478 e. The molecule has 1 N–H and O–H groups in total. The second kappa shape index (κ2) is 4.90. The van der Waals surface area contributed by atoms with Crippen LogP contribution in [-0.2, 0) is 0 Å². The van der Waals surface area contributed by atoms with Crippen LogP contribution in [0, 0.1) is 12.7 Å². The molecule has 0 aliphatic rings. The summed E-state index contributed by atoms with van der Waals surface area (Å²) in [7, 11) is 0. The van der Waals surface area contributed by atoms with Crippen molar-refractivity contribution in [2.45, 2.75) is 6.92 Å². The van der Waals surface area contributed by atoms with Gasteiger partial charge < -0.3 is 5.11 Å². The summed E-state index contributed by atoms with van der Waals surface area (Å²) >= 11 is 3.36. The Bertz CT molecular complexity index is 623. The fourth-order valence-electron chi connectivity index (χ4n) is 1.81. The summed E-state index contributed by atoms with van der Waals surface area (Å²) in [6, 6.07) is 9.81. The highest BCUT2D eigenvalue weighted by Crippen LogP contribution is 2.27. The second-order valence-corrected chi connectivity index (χ2v) is 4.87. The van der Waals surface area contributed by atoms with Crippen molar-refractivity contribution in [3.8, 4) is 11.1 Å². The van der Waals surface area contributed by atoms with Crippen LogP contribution in [0.5, 0.6) is 0 Å². The SMILES string of the molecule is Cc1cc(Br)ccc1-c1ccc(C(=O)O)c(F)c1. The minimum absolute atomic E-state index is 0.312. The molecule has 0 atom stereocenters. The van der Waals surface area contributed by atoms with Crippen LogP contribution in [0.1, 0.15) is 15.9 Å². The lowest BCUT2D eigenvalue weighted by atomic mass is 9.99. The number of carboxylic acids is 1. The van der Waals surface area contributed by atoms with Crippen molar-refractivity contribution in [1.82, 2.24) is 0 Å². The summed E-state index contributed by atoms with van der Waals surface area (Å²) in [5.41, 5.74) is 2.23. The van der Waals surface area contributed by atoms with Crippen molar-refractivity contribution in [1.29, 1.82) is 0 Å². The zero-order valence-corrected chi connectivity index (χ0v) is 11.2. The molecule has 0 heterocycles. The predicted octanol–water partition coefficient (Wildman–Crippen LogP) is 4.26. The summed E-state index contributed by atoms with van der Waals surface area (Å²) in [6.45, 7) is 1.92. The van der Waals surface area contributed by atoms with Crippen LogP contribution in [0.2, 0.25) is 0 Å². The Morgan fingerprint density at radius 2 is 1.94 bits per heavy atom. The molecule has 0 radical (unpaired) electrons. The van der Waals surface area contributed by atoms with Gasteiger partial charge in [-0.05, 0) is 47.9 Å². The van der Waals surface area contributed by atoms with Crippen molar-refractivity contribution >= 4 is 21.9 Å². The summed E-state index contributed by atoms with van der Waals surface area (Å²) < 4.78 is 14.6. The quantitative estimate of drug-likeness (QED) is 0.900. The third-order valence-corrected chi connectivity index (χ3v) is 3.19. The summed E-state index contributed by atoms with van der Waals surface area (Å²) in [4.78, 5) is 10.7. The lowest BCUT2D eigenvalue weighted by Gasteiger charge is -2.07. The van der Waals surface area contributed by atoms with Gasteiger partial charge in [-0.2, -0.15) is 0 Å². The van der Waals surface area contributed by atoms with Gasteiger partial charge in [-0.15, -0.1) is 0 Å². The molecule has 0 saturated heterocycles. The number of hydrogen-bond acceptors (Lipinski definition) is 1. The molecule has 0 bridgehead atoms. The molecule has 0 amide bonds. The van der Waals surface area contributed by atoms with E-state index < -0.39 is 11.8 Å². The van der Waals surface area contributed by atoms with Gasteiger partial charge >= 0.3 is 5.97 Å². The van der Waals surface area contributed by atoms with E-state index in [1.54, 1.807) is 6.07 Å². The van der Waals surface area contributed by atoms with Gasteiger partial charge in [-0.25, -0.2) is 9.18 Å². The fourth-order valence-corrected chi connectivity index (χ4v) is 2.28. The summed E-state index contributed by atoms with van der Waals surface area (Å²) in [5.74, 6) is -1.98. The van der Waals surface area contributed by atoms with E-state index in [9.17, 15) is 9.18 Å². The number of aromatic carboxylic acids is 1. The second-order valence-electron chi connectivity index (χ2n) is 3.96. The summed E-state index contributed by atoms with van der Waals surface area (Å²) in [6.07, 6.45) is 0. The van der Waals surface area contributed by atoms with Crippen molar-refractivity contribution in [3.63, 3.8) is 0 Å². The fraction of sp³-hybridized carbons (Fsp3) is 0.0714. The van der Waals surface area contributed by atoms with E-state index >= 15 is 0 Å². The molecule has 0 saturated carbocycles. The van der Waals surface area contributed by atoms with Gasteiger partial charge in [0.25, 0.3) is 0 Å². The Morgan fingerprint density at radius 1 is 1.22 bits per heavy atom. The number of hydrogen-bond donors (Lipinski definition) is 1. The molecule has 2 aromatic rings. The first-order chi connectivity index (χ1) is 8.49. The van der Waals surface area contributed by atoms with E-state index in [4.69, 9.17) is 5.11 Å². The van der Waals surface area contributed by atoms with Crippen molar-refractivity contribution < 1.29 is 14.3 Å². The first-order valence-electron chi connectivity index (χ1n) is 5.28. The standard InChI is InChI=1S/C14H10BrFO2/c1-8-6-10(15)3-5-11(8)9-2-4-12(14(17)18)13(16)7-9/h2-7H,1H3,(H,17,18). The normalized spacial score (nSPS) is 10.4. The molecule has 0 aliphatic heterocycles. The van der Waals surface area contributed by atoms with Gasteiger partial charge in [0.1, 0.15) is 5.82 Å². The average Bonchev–Trinajstić information content (AvgIpc) is 2.28. The predicted molar refractivity (Wildman–Crippen MR) is 71.2 cm³/mol. The van der Waals surface area contributed by atoms with E-state index in [1.165, 1.54) is 12.1 Å². The molecule has 0 spiro atoms. The van der Waals surface area contributed by atoms with Crippen LogP contribution in [0.4, 0.5) is 4.39 Å². The number of benzene rings is 2. The zero-order chi connectivity index (χ0) is 13.3. The monoisotopic (exact) mass is 308 g/mol. The molecule has 92 valence electrons. The van der Waals surface area contributed by atoms with Gasteiger partial charge in [-0.3, -0.25) is 0 Å². The number of aryl methyl sites for hydroxylation is 1. The molecule has 2 rings (SSSR count). The van der Waals surface area contributed by atoms with E-state index in [0.29, 0.717) is 5.56 Å². The Morgan fingerprint density at radius 3 is 2.50 bits per heavy atom. The Balaban J connectivity index is 2.52. The molecule has 4 heteroatoms. The van der Waals surface area contributed by atoms with Crippen LogP contribution in [0.15, 0.2) is 40.9 Å². The van der Waals surface area contributed by atoms with Gasteiger partial charge in [-0.1, -0.05) is 28.1 Å². The molecule has 18 heavy (non-hydrogen) atoms. The minimum atomic E-state index is -1.26. The smallest absolute Gasteiger partial charge is 0.338 e. The Labute approximate surface area is 112 Å². The van der Waals surface area contributed by atoms with Crippen LogP contribution < -0.4 is 0 Å². The first-order valence-corrected chi connectivity index (χ1v) is 6.07. The van der Waals surface area contributed by atoms with Crippen LogP contribution >= 0.6 is 15.9 Å². The maximum Gasteiger partial charge on any atom is 0.338 e. The summed E-state index contributed by atoms with van der Waals surface area (Å²) in [5, 5.41) is 8.77. The number of rotatable bonds is 2. The molecular formula is C14H10BrFO2. The lowest BCUT2D eigenvalue weighted by Crippen LogP contribution is -2.00. The van der Waals surface area contributed by atoms with Gasteiger partial charge in [0.15, 0.2) is 0 Å². The lowest BCUT2D eigenvalue weighted by molar-refractivity contribution is 0.0692. The maximum atomic E-state index is 13.6. The topological polar surface area (TPSA) is 37.3 Å². The maximum absolute atomic E-state index is 13.6. The highest BCUT2D eigenvalue weighted by molar-refractivity contribution is 9.10. The molecule has 0 aliphatic carbocycles. The molecule has 0 unspecified atom stereocenters. The van der Waals surface area contributed by atoms with Crippen LogP contribution in [-0.4, -0.2) is 11.1 Å². The first kappa shape index (κ1) is 12.8. The van der Waals surface area contributed by atoms with Crippen molar-refractivity contribution in [3.05, 3.63) is 57.8 Å². The van der Waals surface area contributed by atoms with Gasteiger partial charge in [0.2, 0.25) is 0 Å². The molecule has 2 nitrogen and oxygen atoms in total. The van der Waals surface area contributed by atoms with E-state index in [2.05, 4.69) is 15.9 Å². The van der Waals surface area contributed by atoms with Gasteiger partial charge in [0, 0.05) is 4.47 Å². The van der Waals surface area contributed by atoms with E-state index in [-0.39, 0.29) is 5.56 Å². The average molecular weight is 309 g/mol. The molecule has 0 aromatic heterocycles. The minimum Gasteiger partial charge on any atom is -0.478 e. The number of carboxylic acid groups (broad SMARTS) is 1. The molecule has 2 aromatic carbocycles.